The second kappa shape index (κ2) is 4.81. The largest absolute Gasteiger partial charge is 0.389 e. The Morgan fingerprint density at radius 2 is 2.12 bits per heavy atom. The van der Waals surface area contributed by atoms with Gasteiger partial charge in [0.05, 0.1) is 6.10 Å². The number of aliphatic hydroxyl groups excluding tert-OH is 1. The summed E-state index contributed by atoms with van der Waals surface area (Å²) >= 11 is 0. The molecule has 0 amide bonds. The van der Waals surface area contributed by atoms with Crippen LogP contribution in [-0.2, 0) is 0 Å². The second-order valence-corrected chi connectivity index (χ2v) is 3.57. The van der Waals surface area contributed by atoms with Crippen LogP contribution < -0.4 is 4.84 Å². The van der Waals surface area contributed by atoms with Crippen molar-refractivity contribution in [3.8, 4) is 5.75 Å². The predicted molar refractivity (Wildman–Crippen MR) is 62.0 cm³/mol. The van der Waals surface area contributed by atoms with Crippen LogP contribution in [0.3, 0.4) is 0 Å². The summed E-state index contributed by atoms with van der Waals surface area (Å²) in [4.78, 5) is 9.59. The highest BCUT2D eigenvalue weighted by Gasteiger charge is 2.04. The Kier molecular flexibility index (Phi) is 3.22. The highest BCUT2D eigenvalue weighted by Crippen LogP contribution is 2.18. The lowest BCUT2D eigenvalue weighted by Crippen LogP contribution is -2.23. The van der Waals surface area contributed by atoms with Gasteiger partial charge in [-0.3, -0.25) is 4.99 Å². The molecule has 1 aromatic carbocycles. The van der Waals surface area contributed by atoms with Gasteiger partial charge in [-0.2, -0.15) is 5.06 Å². The third kappa shape index (κ3) is 2.61. The molecule has 0 bridgehead atoms. The number of aliphatic hydroxyl groups is 1. The predicted octanol–water partition coefficient (Wildman–Crippen LogP) is 1.89. The monoisotopic (exact) mass is 218 g/mol. The van der Waals surface area contributed by atoms with Crippen LogP contribution in [-0.4, -0.2) is 23.1 Å². The Hall–Kier alpha value is -1.81. The molecule has 4 heteroatoms. The third-order valence-electron chi connectivity index (χ3n) is 2.25. The molecule has 1 aliphatic heterocycles. The van der Waals surface area contributed by atoms with Gasteiger partial charge in [-0.25, -0.2) is 0 Å². The Balaban J connectivity index is 1.99. The van der Waals surface area contributed by atoms with Gasteiger partial charge in [0.1, 0.15) is 6.67 Å². The van der Waals surface area contributed by atoms with Crippen molar-refractivity contribution in [2.75, 3.05) is 6.67 Å². The summed E-state index contributed by atoms with van der Waals surface area (Å²) in [7, 11) is 0. The Bertz CT molecular complexity index is 396. The smallest absolute Gasteiger partial charge is 0.155 e. The molecule has 0 aromatic heterocycles. The zero-order valence-corrected chi connectivity index (χ0v) is 9.08. The molecule has 0 aliphatic carbocycles. The molecule has 0 radical (unpaired) electrons. The number of hydroxylamine groups is 2. The van der Waals surface area contributed by atoms with Gasteiger partial charge in [-0.05, 0) is 30.7 Å². The van der Waals surface area contributed by atoms with Crippen LogP contribution in [0.5, 0.6) is 5.75 Å². The molecule has 0 saturated carbocycles. The van der Waals surface area contributed by atoms with E-state index in [1.807, 2.05) is 36.5 Å². The molecule has 4 nitrogen and oxygen atoms in total. The van der Waals surface area contributed by atoms with E-state index in [2.05, 4.69) is 4.99 Å². The molecule has 0 saturated heterocycles. The number of nitrogens with zero attached hydrogens (tertiary/aromatic N) is 2. The fourth-order valence-electron chi connectivity index (χ4n) is 1.37. The van der Waals surface area contributed by atoms with Gasteiger partial charge in [-0.15, -0.1) is 0 Å². The van der Waals surface area contributed by atoms with E-state index < -0.39 is 6.10 Å². The van der Waals surface area contributed by atoms with E-state index in [-0.39, 0.29) is 0 Å². The van der Waals surface area contributed by atoms with Crippen LogP contribution >= 0.6 is 0 Å². The number of allylic oxidation sites excluding steroid dienone is 1. The minimum Gasteiger partial charge on any atom is -0.389 e. The number of hydrogen-bond donors (Lipinski definition) is 1. The molecule has 2 rings (SSSR count). The first-order chi connectivity index (χ1) is 7.75. The van der Waals surface area contributed by atoms with E-state index in [0.717, 1.165) is 11.3 Å². The van der Waals surface area contributed by atoms with Crippen molar-refractivity contribution in [2.24, 2.45) is 4.99 Å². The van der Waals surface area contributed by atoms with E-state index in [1.165, 1.54) is 0 Å². The number of aliphatic imine (C=N–C) groups is 1. The lowest BCUT2D eigenvalue weighted by Gasteiger charge is -2.20. The minimum absolute atomic E-state index is 0.450. The zero-order valence-electron chi connectivity index (χ0n) is 9.08. The van der Waals surface area contributed by atoms with Crippen LogP contribution in [0.25, 0.3) is 0 Å². The van der Waals surface area contributed by atoms with Gasteiger partial charge < -0.3 is 9.94 Å². The summed E-state index contributed by atoms with van der Waals surface area (Å²) in [6.45, 7) is 2.23. The van der Waals surface area contributed by atoms with Crippen molar-refractivity contribution in [1.29, 1.82) is 0 Å². The lowest BCUT2D eigenvalue weighted by molar-refractivity contribution is -0.00509. The maximum atomic E-state index is 9.35. The van der Waals surface area contributed by atoms with E-state index in [1.54, 1.807) is 18.2 Å². The lowest BCUT2D eigenvalue weighted by atomic mass is 10.1. The zero-order chi connectivity index (χ0) is 11.4. The van der Waals surface area contributed by atoms with Crippen molar-refractivity contribution in [1.82, 2.24) is 5.06 Å². The first-order valence-electron chi connectivity index (χ1n) is 5.15. The van der Waals surface area contributed by atoms with Gasteiger partial charge in [-0.1, -0.05) is 12.1 Å². The van der Waals surface area contributed by atoms with Crippen molar-refractivity contribution in [3.05, 3.63) is 42.1 Å². The molecule has 1 unspecified atom stereocenters. The first kappa shape index (κ1) is 10.7. The standard InChI is InChI=1S/C12H14N2O2/c1-10(15)11-3-5-12(6-4-11)16-14-8-2-7-13-9-14/h2-8,10,15H,9H2,1H3. The average Bonchev–Trinajstić information content (AvgIpc) is 2.31. The maximum Gasteiger partial charge on any atom is 0.155 e. The fraction of sp³-hybridized carbons (Fsp3) is 0.250. The number of hydrogen-bond acceptors (Lipinski definition) is 4. The highest BCUT2D eigenvalue weighted by molar-refractivity contribution is 5.71. The fourth-order valence-corrected chi connectivity index (χ4v) is 1.37. The molecule has 1 aliphatic rings. The third-order valence-corrected chi connectivity index (χ3v) is 2.25. The van der Waals surface area contributed by atoms with Gasteiger partial charge in [0.2, 0.25) is 0 Å². The Labute approximate surface area is 94.4 Å². The highest BCUT2D eigenvalue weighted by atomic mass is 16.7. The second-order valence-electron chi connectivity index (χ2n) is 3.57. The maximum absolute atomic E-state index is 9.35. The van der Waals surface area contributed by atoms with Crippen LogP contribution in [0.1, 0.15) is 18.6 Å². The summed E-state index contributed by atoms with van der Waals surface area (Å²) in [5, 5.41) is 11.0. The van der Waals surface area contributed by atoms with Gasteiger partial charge >= 0.3 is 0 Å². The molecule has 84 valence electrons. The van der Waals surface area contributed by atoms with E-state index >= 15 is 0 Å². The van der Waals surface area contributed by atoms with Crippen molar-refractivity contribution in [3.63, 3.8) is 0 Å². The molecular formula is C12H14N2O2. The average molecular weight is 218 g/mol. The van der Waals surface area contributed by atoms with E-state index in [9.17, 15) is 5.11 Å². The molecule has 16 heavy (non-hydrogen) atoms. The van der Waals surface area contributed by atoms with Crippen LogP contribution in [0, 0.1) is 0 Å². The summed E-state index contributed by atoms with van der Waals surface area (Å²) in [6, 6.07) is 7.34. The van der Waals surface area contributed by atoms with Crippen molar-refractivity contribution in [2.45, 2.75) is 13.0 Å². The Morgan fingerprint density at radius 1 is 1.38 bits per heavy atom. The molecule has 1 N–H and O–H groups in total. The summed E-state index contributed by atoms with van der Waals surface area (Å²) in [5.41, 5.74) is 0.875. The quantitative estimate of drug-likeness (QED) is 0.842. The summed E-state index contributed by atoms with van der Waals surface area (Å²) in [6.07, 6.45) is 4.91. The van der Waals surface area contributed by atoms with Crippen LogP contribution in [0.15, 0.2) is 41.5 Å². The molecule has 1 heterocycles. The van der Waals surface area contributed by atoms with Crippen molar-refractivity contribution < 1.29 is 9.94 Å². The first-order valence-corrected chi connectivity index (χ1v) is 5.15. The van der Waals surface area contributed by atoms with Crippen LogP contribution in [0.2, 0.25) is 0 Å². The normalized spacial score (nSPS) is 16.2. The Morgan fingerprint density at radius 3 is 2.69 bits per heavy atom. The molecular weight excluding hydrogens is 204 g/mol. The van der Waals surface area contributed by atoms with E-state index in [4.69, 9.17) is 4.84 Å². The minimum atomic E-state index is -0.450. The SMILES string of the molecule is CC(O)c1ccc(ON2C=CC=NC2)cc1. The van der Waals surface area contributed by atoms with Crippen molar-refractivity contribution >= 4 is 6.21 Å². The van der Waals surface area contributed by atoms with Crippen LogP contribution in [0.4, 0.5) is 0 Å². The topological polar surface area (TPSA) is 45.1 Å². The molecule has 0 fully saturated rings. The molecule has 0 spiro atoms. The van der Waals surface area contributed by atoms with Gasteiger partial charge in [0, 0.05) is 12.4 Å². The van der Waals surface area contributed by atoms with Gasteiger partial charge in [0.25, 0.3) is 0 Å². The van der Waals surface area contributed by atoms with E-state index in [0.29, 0.717) is 6.67 Å². The van der Waals surface area contributed by atoms with Gasteiger partial charge in [0.15, 0.2) is 5.75 Å². The number of benzene rings is 1. The number of rotatable bonds is 3. The molecule has 1 atom stereocenters. The summed E-state index contributed by atoms with van der Waals surface area (Å²) < 4.78 is 0. The summed E-state index contributed by atoms with van der Waals surface area (Å²) in [5.74, 6) is 0.728. The molecule has 1 aromatic rings.